The molecule has 128 valence electrons. The number of nitrogens with one attached hydrogen (secondary N) is 1. The fourth-order valence-corrected chi connectivity index (χ4v) is 3.32. The lowest BCUT2D eigenvalue weighted by Crippen LogP contribution is -2.04. The van der Waals surface area contributed by atoms with Crippen LogP contribution in [0.3, 0.4) is 0 Å². The van der Waals surface area contributed by atoms with Gasteiger partial charge in [0.05, 0.1) is 21.5 Å². The van der Waals surface area contributed by atoms with Gasteiger partial charge in [0.25, 0.3) is 0 Å². The van der Waals surface area contributed by atoms with Crippen LogP contribution in [-0.4, -0.2) is 10.7 Å². The van der Waals surface area contributed by atoms with Gasteiger partial charge in [0.1, 0.15) is 0 Å². The molecule has 3 nitrogen and oxygen atoms in total. The Kier molecular flexibility index (Phi) is 6.08. The first-order chi connectivity index (χ1) is 12.2. The summed E-state index contributed by atoms with van der Waals surface area (Å²) in [6.45, 7) is 2.14. The molecule has 0 aliphatic heterocycles. The van der Waals surface area contributed by atoms with Crippen molar-refractivity contribution in [1.82, 2.24) is 4.98 Å². The highest BCUT2D eigenvalue weighted by Gasteiger charge is 2.07. The van der Waals surface area contributed by atoms with Crippen molar-refractivity contribution in [2.24, 2.45) is 5.10 Å². The lowest BCUT2D eigenvalue weighted by molar-refractivity contribution is 0.987. The van der Waals surface area contributed by atoms with Crippen molar-refractivity contribution in [3.8, 4) is 11.3 Å². The van der Waals surface area contributed by atoms with E-state index in [2.05, 4.69) is 34.6 Å². The minimum Gasteiger partial charge on any atom is -0.252 e. The van der Waals surface area contributed by atoms with Crippen molar-refractivity contribution in [3.63, 3.8) is 0 Å². The lowest BCUT2D eigenvalue weighted by Gasteiger charge is -2.05. The fraction of sp³-hybridized carbons (Fsp3) is 0.158. The molecule has 0 aliphatic rings. The molecule has 0 unspecified atom stereocenters. The largest absolute Gasteiger partial charge is 0.252 e. The quantitative estimate of drug-likeness (QED) is 0.374. The van der Waals surface area contributed by atoms with Gasteiger partial charge in [-0.3, -0.25) is 5.43 Å². The number of anilines is 1. The first-order valence-electron chi connectivity index (χ1n) is 7.96. The SMILES string of the molecule is CCC/C(=N\Nc1nc(-c2ccc(Cl)c(Cl)c2)cs1)c1ccccc1. The van der Waals surface area contributed by atoms with Crippen LogP contribution in [0.5, 0.6) is 0 Å². The van der Waals surface area contributed by atoms with Gasteiger partial charge in [-0.15, -0.1) is 11.3 Å². The number of hydrogen-bond acceptors (Lipinski definition) is 4. The summed E-state index contributed by atoms with van der Waals surface area (Å²) >= 11 is 13.6. The normalized spacial score (nSPS) is 11.6. The van der Waals surface area contributed by atoms with E-state index in [1.807, 2.05) is 35.7 Å². The Hall–Kier alpha value is -1.88. The van der Waals surface area contributed by atoms with Gasteiger partial charge in [0, 0.05) is 10.9 Å². The summed E-state index contributed by atoms with van der Waals surface area (Å²) < 4.78 is 0. The summed E-state index contributed by atoms with van der Waals surface area (Å²) in [6, 6.07) is 15.7. The predicted molar refractivity (Wildman–Crippen MR) is 109 cm³/mol. The van der Waals surface area contributed by atoms with Gasteiger partial charge in [-0.25, -0.2) is 4.98 Å². The summed E-state index contributed by atoms with van der Waals surface area (Å²) in [5.41, 5.74) is 7.00. The Morgan fingerprint density at radius 1 is 1.12 bits per heavy atom. The zero-order valence-electron chi connectivity index (χ0n) is 13.7. The first-order valence-corrected chi connectivity index (χ1v) is 9.60. The number of aromatic nitrogens is 1. The molecule has 0 saturated heterocycles. The van der Waals surface area contributed by atoms with Crippen molar-refractivity contribution < 1.29 is 0 Å². The topological polar surface area (TPSA) is 37.3 Å². The number of hydrazone groups is 1. The smallest absolute Gasteiger partial charge is 0.203 e. The molecular weight excluding hydrogens is 373 g/mol. The summed E-state index contributed by atoms with van der Waals surface area (Å²) in [5, 5.41) is 8.33. The third-order valence-electron chi connectivity index (χ3n) is 3.60. The number of benzene rings is 2. The molecule has 6 heteroatoms. The number of rotatable bonds is 6. The Labute approximate surface area is 161 Å². The maximum Gasteiger partial charge on any atom is 0.203 e. The Balaban J connectivity index is 1.79. The van der Waals surface area contributed by atoms with E-state index >= 15 is 0 Å². The van der Waals surface area contributed by atoms with Crippen molar-refractivity contribution >= 4 is 45.4 Å². The molecule has 1 N–H and O–H groups in total. The molecular formula is C19H17Cl2N3S. The minimum absolute atomic E-state index is 0.522. The Morgan fingerprint density at radius 3 is 2.64 bits per heavy atom. The zero-order valence-corrected chi connectivity index (χ0v) is 16.0. The van der Waals surface area contributed by atoms with Crippen LogP contribution >= 0.6 is 34.5 Å². The van der Waals surface area contributed by atoms with Crippen LogP contribution < -0.4 is 5.43 Å². The van der Waals surface area contributed by atoms with E-state index in [-0.39, 0.29) is 0 Å². The molecule has 0 radical (unpaired) electrons. The molecule has 1 aromatic heterocycles. The Bertz CT molecular complexity index is 875. The highest BCUT2D eigenvalue weighted by atomic mass is 35.5. The second-order valence-electron chi connectivity index (χ2n) is 5.45. The van der Waals surface area contributed by atoms with Crippen LogP contribution in [0.15, 0.2) is 59.0 Å². The summed E-state index contributed by atoms with van der Waals surface area (Å²) in [5.74, 6) is 0. The first kappa shape index (κ1) is 17.9. The molecule has 25 heavy (non-hydrogen) atoms. The molecule has 0 spiro atoms. The van der Waals surface area contributed by atoms with Gasteiger partial charge >= 0.3 is 0 Å². The molecule has 0 bridgehead atoms. The maximum atomic E-state index is 6.08. The van der Waals surface area contributed by atoms with Crippen molar-refractivity contribution in [3.05, 3.63) is 69.5 Å². The van der Waals surface area contributed by atoms with E-state index in [4.69, 9.17) is 23.2 Å². The molecule has 0 aliphatic carbocycles. The van der Waals surface area contributed by atoms with Gasteiger partial charge in [0.2, 0.25) is 5.13 Å². The second kappa shape index (κ2) is 8.48. The van der Waals surface area contributed by atoms with E-state index < -0.39 is 0 Å². The summed E-state index contributed by atoms with van der Waals surface area (Å²) in [4.78, 5) is 4.58. The number of halogens is 2. The van der Waals surface area contributed by atoms with Crippen molar-refractivity contribution in [2.45, 2.75) is 19.8 Å². The van der Waals surface area contributed by atoms with E-state index in [1.165, 1.54) is 11.3 Å². The molecule has 0 amide bonds. The summed E-state index contributed by atoms with van der Waals surface area (Å²) in [6.07, 6.45) is 1.93. The monoisotopic (exact) mass is 389 g/mol. The van der Waals surface area contributed by atoms with Gasteiger partial charge in [-0.2, -0.15) is 5.10 Å². The highest BCUT2D eigenvalue weighted by molar-refractivity contribution is 7.14. The van der Waals surface area contributed by atoms with Crippen LogP contribution in [0.25, 0.3) is 11.3 Å². The summed E-state index contributed by atoms with van der Waals surface area (Å²) in [7, 11) is 0. The average molecular weight is 390 g/mol. The third-order valence-corrected chi connectivity index (χ3v) is 5.09. The highest BCUT2D eigenvalue weighted by Crippen LogP contribution is 2.30. The van der Waals surface area contributed by atoms with Crippen LogP contribution in [0.1, 0.15) is 25.3 Å². The van der Waals surface area contributed by atoms with Gasteiger partial charge < -0.3 is 0 Å². The van der Waals surface area contributed by atoms with Crippen LogP contribution in [0.2, 0.25) is 10.0 Å². The standard InChI is InChI=1S/C19H17Cl2N3S/c1-2-6-17(13-7-4-3-5-8-13)23-24-19-22-18(12-25-19)14-9-10-15(20)16(21)11-14/h3-5,7-12H,2,6H2,1H3,(H,22,24)/b23-17+. The molecule has 2 aromatic carbocycles. The van der Waals surface area contributed by atoms with E-state index in [9.17, 15) is 0 Å². The van der Waals surface area contributed by atoms with Crippen molar-refractivity contribution in [1.29, 1.82) is 0 Å². The van der Waals surface area contributed by atoms with Gasteiger partial charge in [0.15, 0.2) is 0 Å². The Morgan fingerprint density at radius 2 is 1.92 bits per heavy atom. The number of thiazole rings is 1. The minimum atomic E-state index is 0.522. The van der Waals surface area contributed by atoms with E-state index in [1.54, 1.807) is 6.07 Å². The van der Waals surface area contributed by atoms with E-state index in [0.29, 0.717) is 10.0 Å². The fourth-order valence-electron chi connectivity index (χ4n) is 2.36. The van der Waals surface area contributed by atoms with Gasteiger partial charge in [-0.05, 0) is 24.1 Å². The molecule has 1 heterocycles. The van der Waals surface area contributed by atoms with Crippen LogP contribution in [0, 0.1) is 0 Å². The molecule has 3 aromatic rings. The molecule has 3 rings (SSSR count). The average Bonchev–Trinajstić information content (AvgIpc) is 3.11. The second-order valence-corrected chi connectivity index (χ2v) is 7.13. The lowest BCUT2D eigenvalue weighted by atomic mass is 10.1. The predicted octanol–water partition coefficient (Wildman–Crippen LogP) is 6.73. The van der Waals surface area contributed by atoms with Crippen molar-refractivity contribution in [2.75, 3.05) is 5.43 Å². The van der Waals surface area contributed by atoms with Gasteiger partial charge in [-0.1, -0.05) is 72.9 Å². The number of nitrogens with zero attached hydrogens (tertiary/aromatic N) is 2. The number of hydrogen-bond donors (Lipinski definition) is 1. The maximum absolute atomic E-state index is 6.08. The third kappa shape index (κ3) is 4.60. The molecule has 0 atom stereocenters. The van der Waals surface area contributed by atoms with E-state index in [0.717, 1.165) is 40.5 Å². The molecule has 0 fully saturated rings. The van der Waals surface area contributed by atoms with Crippen LogP contribution in [0.4, 0.5) is 5.13 Å². The zero-order chi connectivity index (χ0) is 17.6. The van der Waals surface area contributed by atoms with Crippen LogP contribution in [-0.2, 0) is 0 Å². The molecule has 0 saturated carbocycles.